The van der Waals surface area contributed by atoms with Crippen molar-refractivity contribution < 1.29 is 4.52 Å². The lowest BCUT2D eigenvalue weighted by Crippen LogP contribution is -2.24. The summed E-state index contributed by atoms with van der Waals surface area (Å²) in [5.74, 6) is 1.56. The molecule has 0 amide bonds. The first-order chi connectivity index (χ1) is 11.7. The summed E-state index contributed by atoms with van der Waals surface area (Å²) in [7, 11) is 0. The van der Waals surface area contributed by atoms with Gasteiger partial charge in [0.05, 0.1) is 11.6 Å². The molecule has 5 nitrogen and oxygen atoms in total. The van der Waals surface area contributed by atoms with E-state index in [0.717, 1.165) is 48.9 Å². The lowest BCUT2D eigenvalue weighted by atomic mass is 10.1. The van der Waals surface area contributed by atoms with Gasteiger partial charge in [0, 0.05) is 24.0 Å². The monoisotopic (exact) mass is 322 g/mol. The van der Waals surface area contributed by atoms with Gasteiger partial charge in [-0.2, -0.15) is 4.98 Å². The zero-order chi connectivity index (χ0) is 16.5. The minimum absolute atomic E-state index is 0.251. The van der Waals surface area contributed by atoms with Crippen molar-refractivity contribution in [2.45, 2.75) is 45.7 Å². The molecule has 5 heteroatoms. The van der Waals surface area contributed by atoms with Crippen LogP contribution in [0.25, 0.3) is 10.9 Å². The highest BCUT2D eigenvalue weighted by Gasteiger charge is 2.30. The Morgan fingerprint density at radius 1 is 1.25 bits per heavy atom. The molecule has 0 aliphatic carbocycles. The minimum Gasteiger partial charge on any atom is -0.339 e. The van der Waals surface area contributed by atoms with Gasteiger partial charge in [-0.3, -0.25) is 9.88 Å². The van der Waals surface area contributed by atoms with Crippen molar-refractivity contribution in [2.75, 3.05) is 6.54 Å². The average molecular weight is 322 g/mol. The Balaban J connectivity index is 1.64. The number of hydrogen-bond acceptors (Lipinski definition) is 5. The van der Waals surface area contributed by atoms with Crippen LogP contribution in [0.4, 0.5) is 0 Å². The van der Waals surface area contributed by atoms with Crippen molar-refractivity contribution in [2.24, 2.45) is 0 Å². The molecule has 24 heavy (non-hydrogen) atoms. The largest absolute Gasteiger partial charge is 0.339 e. The lowest BCUT2D eigenvalue weighted by molar-refractivity contribution is 0.235. The molecule has 0 spiro atoms. The summed E-state index contributed by atoms with van der Waals surface area (Å²) in [4.78, 5) is 11.7. The van der Waals surface area contributed by atoms with Crippen LogP contribution in [0.3, 0.4) is 0 Å². The minimum atomic E-state index is 0.251. The third kappa shape index (κ3) is 2.80. The van der Waals surface area contributed by atoms with Crippen molar-refractivity contribution in [1.82, 2.24) is 20.0 Å². The van der Waals surface area contributed by atoms with Gasteiger partial charge in [-0.05, 0) is 44.0 Å². The molecule has 1 atom stereocenters. The van der Waals surface area contributed by atoms with Crippen LogP contribution in [0, 0.1) is 6.92 Å². The summed E-state index contributed by atoms with van der Waals surface area (Å²) in [5, 5.41) is 5.43. The molecule has 1 aromatic carbocycles. The average Bonchev–Trinajstić information content (AvgIpc) is 3.23. The predicted octanol–water partition coefficient (Wildman–Crippen LogP) is 3.83. The van der Waals surface area contributed by atoms with Crippen LogP contribution in [0.2, 0.25) is 0 Å². The van der Waals surface area contributed by atoms with E-state index in [0.29, 0.717) is 0 Å². The number of aromatic nitrogens is 3. The molecule has 1 aliphatic heterocycles. The van der Waals surface area contributed by atoms with Gasteiger partial charge in [0.1, 0.15) is 0 Å². The maximum Gasteiger partial charge on any atom is 0.226 e. The first-order valence-corrected chi connectivity index (χ1v) is 8.66. The summed E-state index contributed by atoms with van der Waals surface area (Å²) >= 11 is 0. The van der Waals surface area contributed by atoms with Gasteiger partial charge in [-0.15, -0.1) is 0 Å². The molecule has 0 radical (unpaired) electrons. The van der Waals surface area contributed by atoms with Gasteiger partial charge in [0.15, 0.2) is 5.82 Å². The maximum absolute atomic E-state index is 5.32. The number of likely N-dealkylation sites (tertiary alicyclic amines) is 1. The van der Waals surface area contributed by atoms with E-state index in [1.807, 2.05) is 13.0 Å². The molecule has 0 saturated carbocycles. The highest BCUT2D eigenvalue weighted by atomic mass is 16.5. The highest BCUT2D eigenvalue weighted by Crippen LogP contribution is 2.32. The highest BCUT2D eigenvalue weighted by molar-refractivity contribution is 5.82. The number of rotatable bonds is 4. The first-order valence-electron chi connectivity index (χ1n) is 8.66. The Bertz CT molecular complexity index is 857. The number of fused-ring (bicyclic) bond motifs is 1. The predicted molar refractivity (Wildman–Crippen MR) is 92.5 cm³/mol. The van der Waals surface area contributed by atoms with Crippen LogP contribution in [-0.2, 0) is 13.0 Å². The summed E-state index contributed by atoms with van der Waals surface area (Å²) in [5.41, 5.74) is 3.45. The summed E-state index contributed by atoms with van der Waals surface area (Å²) in [6.45, 7) is 6.06. The Kier molecular flexibility index (Phi) is 4.02. The van der Waals surface area contributed by atoms with Crippen molar-refractivity contribution in [1.29, 1.82) is 0 Å². The second-order valence-corrected chi connectivity index (χ2v) is 6.47. The zero-order valence-corrected chi connectivity index (χ0v) is 14.2. The molecule has 3 aromatic rings. The quantitative estimate of drug-likeness (QED) is 0.731. The second kappa shape index (κ2) is 6.32. The zero-order valence-electron chi connectivity index (χ0n) is 14.2. The molecular weight excluding hydrogens is 300 g/mol. The van der Waals surface area contributed by atoms with Crippen LogP contribution < -0.4 is 0 Å². The molecule has 4 rings (SSSR count). The van der Waals surface area contributed by atoms with Gasteiger partial charge >= 0.3 is 0 Å². The Hall–Kier alpha value is -2.27. The number of para-hydroxylation sites is 1. The van der Waals surface area contributed by atoms with Gasteiger partial charge in [-0.1, -0.05) is 30.3 Å². The first kappa shape index (κ1) is 15.3. The van der Waals surface area contributed by atoms with E-state index in [1.54, 1.807) is 0 Å². The molecular formula is C19H22N4O. The van der Waals surface area contributed by atoms with Crippen molar-refractivity contribution in [3.63, 3.8) is 0 Å². The van der Waals surface area contributed by atoms with E-state index in [1.165, 1.54) is 17.4 Å². The Labute approximate surface area is 141 Å². The van der Waals surface area contributed by atoms with Crippen LogP contribution in [0.15, 0.2) is 34.9 Å². The summed E-state index contributed by atoms with van der Waals surface area (Å²) in [6.07, 6.45) is 3.04. The van der Waals surface area contributed by atoms with E-state index in [9.17, 15) is 0 Å². The lowest BCUT2D eigenvalue weighted by Gasteiger charge is -2.22. The van der Waals surface area contributed by atoms with Gasteiger partial charge in [0.25, 0.3) is 0 Å². The topological polar surface area (TPSA) is 55.1 Å². The molecule has 1 saturated heterocycles. The Morgan fingerprint density at radius 3 is 2.96 bits per heavy atom. The number of benzene rings is 1. The van der Waals surface area contributed by atoms with Crippen LogP contribution in [0.1, 0.15) is 48.8 Å². The number of pyridine rings is 1. The van der Waals surface area contributed by atoms with E-state index < -0.39 is 0 Å². The van der Waals surface area contributed by atoms with Crippen molar-refractivity contribution in [3.05, 3.63) is 53.3 Å². The summed E-state index contributed by atoms with van der Waals surface area (Å²) < 4.78 is 5.32. The molecule has 0 N–H and O–H groups in total. The molecule has 124 valence electrons. The van der Waals surface area contributed by atoms with E-state index in [4.69, 9.17) is 4.52 Å². The van der Waals surface area contributed by atoms with Crippen molar-refractivity contribution in [3.8, 4) is 0 Å². The van der Waals surface area contributed by atoms with Gasteiger partial charge in [0.2, 0.25) is 5.89 Å². The maximum atomic E-state index is 5.32. The van der Waals surface area contributed by atoms with Gasteiger partial charge in [-0.25, -0.2) is 0 Å². The van der Waals surface area contributed by atoms with Gasteiger partial charge < -0.3 is 4.52 Å². The molecule has 2 aromatic heterocycles. The van der Waals surface area contributed by atoms with Crippen LogP contribution >= 0.6 is 0 Å². The summed E-state index contributed by atoms with van der Waals surface area (Å²) in [6, 6.07) is 10.8. The van der Waals surface area contributed by atoms with E-state index in [2.05, 4.69) is 51.2 Å². The molecule has 0 unspecified atom stereocenters. The normalized spacial score (nSPS) is 18.5. The number of nitrogens with zero attached hydrogens (tertiary/aromatic N) is 4. The smallest absolute Gasteiger partial charge is 0.226 e. The molecule has 1 aliphatic rings. The van der Waals surface area contributed by atoms with Crippen molar-refractivity contribution >= 4 is 10.9 Å². The SMILES string of the molecule is CCc1nc([C@@H]2CCCN2Cc2cc(C)nc3ccccc23)no1. The Morgan fingerprint density at radius 2 is 2.12 bits per heavy atom. The third-order valence-corrected chi connectivity index (χ3v) is 4.75. The van der Waals surface area contributed by atoms with Crippen LogP contribution in [0.5, 0.6) is 0 Å². The third-order valence-electron chi connectivity index (χ3n) is 4.75. The fourth-order valence-electron chi connectivity index (χ4n) is 3.60. The molecule has 3 heterocycles. The van der Waals surface area contributed by atoms with E-state index in [-0.39, 0.29) is 6.04 Å². The number of hydrogen-bond donors (Lipinski definition) is 0. The van der Waals surface area contributed by atoms with Crippen LogP contribution in [-0.4, -0.2) is 26.6 Å². The van der Waals surface area contributed by atoms with E-state index >= 15 is 0 Å². The fraction of sp³-hybridized carbons (Fsp3) is 0.421. The standard InChI is InChI=1S/C19H22N4O/c1-3-18-21-19(22-24-18)17-9-6-10-23(17)12-14-11-13(2)20-16-8-5-4-7-15(14)16/h4-5,7-8,11,17H,3,6,9-10,12H2,1-2H3/t17-/m0/s1. The number of aryl methyl sites for hydroxylation is 2. The molecule has 0 bridgehead atoms. The fourth-order valence-corrected chi connectivity index (χ4v) is 3.60. The second-order valence-electron chi connectivity index (χ2n) is 6.47. The molecule has 1 fully saturated rings.